The van der Waals surface area contributed by atoms with E-state index < -0.39 is 5.97 Å². The SMILES string of the molecule is C.[2H]CNC(C)=O.[2H]COC(C)=O. The van der Waals surface area contributed by atoms with Crippen LogP contribution in [0.2, 0.25) is 0 Å². The highest BCUT2D eigenvalue weighted by atomic mass is 16.5. The third-order valence-electron chi connectivity index (χ3n) is 0.452. The van der Waals surface area contributed by atoms with Crippen molar-refractivity contribution in [1.29, 1.82) is 0 Å². The standard InChI is InChI=1S/C3H7NO.C3H6O2.CH4/c1-3(5)4-2;1-3(4)5-2;/h1-2H3,(H,4,5);1-2H3;1H4/i2*2D;. The fourth-order valence-corrected chi connectivity index (χ4v) is 0. The highest BCUT2D eigenvalue weighted by Crippen LogP contribution is 1.60. The normalized spacial score (nSPS) is 8.55. The predicted molar refractivity (Wildman–Crippen MR) is 44.2 cm³/mol. The zero-order valence-corrected chi connectivity index (χ0v) is 6.14. The lowest BCUT2D eigenvalue weighted by atomic mass is 10.7. The molecular weight excluding hydrogens is 146 g/mol. The van der Waals surface area contributed by atoms with Crippen LogP contribution < -0.4 is 5.32 Å². The molecule has 1 amide bonds. The molecule has 0 saturated carbocycles. The highest BCUT2D eigenvalue weighted by molar-refractivity contribution is 5.72. The molecule has 1 N–H and O–H groups in total. The van der Waals surface area contributed by atoms with Crippen molar-refractivity contribution in [3.05, 3.63) is 0 Å². The summed E-state index contributed by atoms with van der Waals surface area (Å²) in [6.07, 6.45) is 0. The van der Waals surface area contributed by atoms with Crippen molar-refractivity contribution in [2.75, 3.05) is 14.1 Å². The summed E-state index contributed by atoms with van der Waals surface area (Å²) in [5, 5.41) is 2.24. The van der Waals surface area contributed by atoms with Gasteiger partial charge in [0.05, 0.1) is 8.46 Å². The van der Waals surface area contributed by atoms with Crippen LogP contribution in [0, 0.1) is 0 Å². The molecule has 0 aromatic heterocycles. The van der Waals surface area contributed by atoms with E-state index in [1.165, 1.54) is 13.8 Å². The van der Waals surface area contributed by atoms with Crippen LogP contribution in [0.5, 0.6) is 0 Å². The molecule has 68 valence electrons. The second-order valence-electron chi connectivity index (χ2n) is 1.37. The van der Waals surface area contributed by atoms with Gasteiger partial charge in [-0.1, -0.05) is 7.43 Å². The third-order valence-corrected chi connectivity index (χ3v) is 0.452. The Bertz CT molecular complexity index is 126. The van der Waals surface area contributed by atoms with Gasteiger partial charge in [-0.3, -0.25) is 9.59 Å². The maximum atomic E-state index is 9.81. The van der Waals surface area contributed by atoms with E-state index in [2.05, 4.69) is 10.1 Å². The van der Waals surface area contributed by atoms with Gasteiger partial charge in [-0.2, -0.15) is 0 Å². The van der Waals surface area contributed by atoms with Gasteiger partial charge >= 0.3 is 5.97 Å². The van der Waals surface area contributed by atoms with Gasteiger partial charge in [0.25, 0.3) is 0 Å². The van der Waals surface area contributed by atoms with Crippen LogP contribution in [0.4, 0.5) is 0 Å². The summed E-state index contributed by atoms with van der Waals surface area (Å²) in [6.45, 7) is 2.66. The van der Waals surface area contributed by atoms with Gasteiger partial charge in [-0.05, 0) is 0 Å². The molecule has 0 bridgehead atoms. The topological polar surface area (TPSA) is 55.4 Å². The van der Waals surface area contributed by atoms with Gasteiger partial charge in [0.15, 0.2) is 0 Å². The lowest BCUT2D eigenvalue weighted by molar-refractivity contribution is -0.137. The van der Waals surface area contributed by atoms with Crippen molar-refractivity contribution >= 4 is 11.9 Å². The maximum Gasteiger partial charge on any atom is 0.302 e. The average molecular weight is 165 g/mol. The molecule has 0 rings (SSSR count). The summed E-state index contributed by atoms with van der Waals surface area (Å²) in [7, 11) is -0.287. The van der Waals surface area contributed by atoms with Crippen molar-refractivity contribution in [1.82, 2.24) is 5.32 Å². The van der Waals surface area contributed by atoms with Crippen molar-refractivity contribution in [3.63, 3.8) is 0 Å². The van der Waals surface area contributed by atoms with Gasteiger partial charge in [0, 0.05) is 22.2 Å². The average Bonchev–Trinajstić information content (AvgIpc) is 1.87. The molecule has 0 aliphatic carbocycles. The molecule has 4 heteroatoms. The Balaban J connectivity index is -0.000000143. The first kappa shape index (κ1) is 9.94. The molecular formula is C7H17NO3. The van der Waals surface area contributed by atoms with E-state index in [1.807, 2.05) is 0 Å². The van der Waals surface area contributed by atoms with Gasteiger partial charge in [0.2, 0.25) is 5.91 Å². The second-order valence-corrected chi connectivity index (χ2v) is 1.37. The number of ether oxygens (including phenoxy) is 1. The van der Waals surface area contributed by atoms with E-state index in [-0.39, 0.29) is 27.4 Å². The van der Waals surface area contributed by atoms with Crippen molar-refractivity contribution in [2.45, 2.75) is 21.3 Å². The van der Waals surface area contributed by atoms with Crippen LogP contribution in [0.25, 0.3) is 0 Å². The number of amides is 1. The number of rotatable bonds is 0. The Morgan fingerprint density at radius 1 is 1.45 bits per heavy atom. The summed E-state index contributed by atoms with van der Waals surface area (Å²) in [4.78, 5) is 19.5. The number of nitrogens with one attached hydrogen (secondary N) is 1. The molecule has 0 aromatic rings. The molecule has 0 atom stereocenters. The van der Waals surface area contributed by atoms with Crippen LogP contribution in [0.3, 0.4) is 0 Å². The van der Waals surface area contributed by atoms with Crippen molar-refractivity contribution < 1.29 is 17.1 Å². The fourth-order valence-electron chi connectivity index (χ4n) is 0. The van der Waals surface area contributed by atoms with E-state index >= 15 is 0 Å². The molecule has 11 heavy (non-hydrogen) atoms. The molecule has 0 unspecified atom stereocenters. The molecule has 0 spiro atoms. The number of carbonyl (C=O) groups excluding carboxylic acids is 2. The van der Waals surface area contributed by atoms with Crippen LogP contribution >= 0.6 is 0 Å². The van der Waals surface area contributed by atoms with Crippen LogP contribution in [0.1, 0.15) is 24.0 Å². The Morgan fingerprint density at radius 3 is 2.00 bits per heavy atom. The molecule has 0 aliphatic rings. The molecule has 0 heterocycles. The van der Waals surface area contributed by atoms with E-state index in [9.17, 15) is 9.59 Å². The van der Waals surface area contributed by atoms with E-state index in [0.717, 1.165) is 0 Å². The smallest absolute Gasteiger partial charge is 0.302 e. The highest BCUT2D eigenvalue weighted by Gasteiger charge is 1.75. The van der Waals surface area contributed by atoms with Crippen LogP contribution in [-0.4, -0.2) is 26.0 Å². The summed E-state index contributed by atoms with van der Waals surface area (Å²) < 4.78 is 16.8. The Labute approximate surface area is 70.7 Å². The zero-order valence-electron chi connectivity index (χ0n) is 8.14. The molecule has 0 fully saturated rings. The quantitative estimate of drug-likeness (QED) is 0.534. The summed E-state index contributed by atoms with van der Waals surface area (Å²) in [5.74, 6) is -0.546. The maximum absolute atomic E-state index is 9.81. The molecule has 0 radical (unpaired) electrons. The first-order chi connectivity index (χ1) is 5.54. The summed E-state index contributed by atoms with van der Waals surface area (Å²) in [5.41, 5.74) is 0. The van der Waals surface area contributed by atoms with Gasteiger partial charge < -0.3 is 10.1 Å². The van der Waals surface area contributed by atoms with E-state index in [0.29, 0.717) is 0 Å². The van der Waals surface area contributed by atoms with Crippen molar-refractivity contribution in [2.24, 2.45) is 0 Å². The van der Waals surface area contributed by atoms with Gasteiger partial charge in [-0.15, -0.1) is 0 Å². The minimum absolute atomic E-state index is 0. The Morgan fingerprint density at radius 2 is 2.00 bits per heavy atom. The lowest BCUT2D eigenvalue weighted by Gasteiger charge is -1.80. The van der Waals surface area contributed by atoms with Gasteiger partial charge in [-0.25, -0.2) is 0 Å². The minimum Gasteiger partial charge on any atom is -0.469 e. The van der Waals surface area contributed by atoms with Crippen molar-refractivity contribution in [3.8, 4) is 0 Å². The first-order valence-corrected chi connectivity index (χ1v) is 2.50. The van der Waals surface area contributed by atoms with Gasteiger partial charge in [0.1, 0.15) is 0 Å². The number of hydrogen-bond donors (Lipinski definition) is 1. The second kappa shape index (κ2) is 11.7. The zero-order chi connectivity index (χ0) is 9.98. The molecule has 0 aromatic carbocycles. The van der Waals surface area contributed by atoms with E-state index in [1.54, 1.807) is 0 Å². The lowest BCUT2D eigenvalue weighted by Crippen LogP contribution is -2.11. The monoisotopic (exact) mass is 165 g/mol. The number of hydrogen-bond acceptors (Lipinski definition) is 3. The molecule has 0 saturated heterocycles. The summed E-state index contributed by atoms with van der Waals surface area (Å²) >= 11 is 0. The Kier molecular flexibility index (Phi) is 10.6. The van der Waals surface area contributed by atoms with Crippen LogP contribution in [0.15, 0.2) is 0 Å². The van der Waals surface area contributed by atoms with Crippen LogP contribution in [-0.2, 0) is 14.3 Å². The number of carbonyl (C=O) groups is 2. The minimum atomic E-state index is -0.398. The number of esters is 1. The summed E-state index contributed by atoms with van der Waals surface area (Å²) in [6, 6.07) is 0. The van der Waals surface area contributed by atoms with E-state index in [4.69, 9.17) is 2.74 Å². The Hall–Kier alpha value is -1.06. The first-order valence-electron chi connectivity index (χ1n) is 3.92. The molecule has 0 aliphatic heterocycles. The number of methoxy groups -OCH3 is 1. The molecule has 4 nitrogen and oxygen atoms in total. The third kappa shape index (κ3) is 49.8. The predicted octanol–water partition coefficient (Wildman–Crippen LogP) is 0.568. The largest absolute Gasteiger partial charge is 0.469 e. The fraction of sp³-hybridized carbons (Fsp3) is 0.714.